The van der Waals surface area contributed by atoms with Crippen molar-refractivity contribution in [3.8, 4) is 5.75 Å². The maximum Gasteiger partial charge on any atom is 0.322 e. The van der Waals surface area contributed by atoms with Crippen LogP contribution in [0.1, 0.15) is 23.0 Å². The summed E-state index contributed by atoms with van der Waals surface area (Å²) < 4.78 is 12.9. The average molecular weight is 551 g/mol. The molecule has 1 fully saturated rings. The van der Waals surface area contributed by atoms with E-state index in [4.69, 9.17) is 14.6 Å². The second kappa shape index (κ2) is 12.5. The van der Waals surface area contributed by atoms with Gasteiger partial charge >= 0.3 is 6.03 Å². The SMILES string of the molecule is COc1ccccc1NC(=O)N(CCN1CCOCC1)CC(=O)N1N=C(c2cccs2)CC1c1cccn1C. The van der Waals surface area contributed by atoms with Crippen molar-refractivity contribution < 1.29 is 19.1 Å². The van der Waals surface area contributed by atoms with E-state index in [1.54, 1.807) is 40.5 Å². The molecule has 11 heteroatoms. The number of thiophene rings is 1. The number of morpholine rings is 1. The molecule has 206 valence electrons. The van der Waals surface area contributed by atoms with Crippen molar-refractivity contribution in [1.82, 2.24) is 19.4 Å². The Balaban J connectivity index is 1.37. The number of hydrogen-bond donors (Lipinski definition) is 1. The molecular weight excluding hydrogens is 516 g/mol. The molecule has 5 rings (SSSR count). The zero-order chi connectivity index (χ0) is 27.2. The standard InChI is InChI=1S/C28H34N6O4S/c1-31-11-5-8-23(31)24-19-22(26-10-6-18-39-26)30-34(24)27(35)20-33(13-12-32-14-16-38-17-15-32)28(36)29-21-7-3-4-9-25(21)37-2/h3-11,18,24H,12-17,19-20H2,1-2H3,(H,29,36). The zero-order valence-corrected chi connectivity index (χ0v) is 23.1. The molecule has 1 aromatic carbocycles. The molecule has 3 amide bonds. The van der Waals surface area contributed by atoms with Crippen LogP contribution < -0.4 is 10.1 Å². The minimum atomic E-state index is -0.363. The van der Waals surface area contributed by atoms with E-state index in [0.29, 0.717) is 44.2 Å². The highest BCUT2D eigenvalue weighted by atomic mass is 32.1. The number of hydrazone groups is 1. The largest absolute Gasteiger partial charge is 0.495 e. The second-order valence-corrected chi connectivity index (χ2v) is 10.5. The predicted octanol–water partition coefficient (Wildman–Crippen LogP) is 3.64. The summed E-state index contributed by atoms with van der Waals surface area (Å²) in [5.74, 6) is 0.323. The lowest BCUT2D eigenvalue weighted by molar-refractivity contribution is -0.133. The van der Waals surface area contributed by atoms with Gasteiger partial charge in [-0.05, 0) is 35.7 Å². The molecule has 1 unspecified atom stereocenters. The molecule has 0 radical (unpaired) electrons. The number of urea groups is 1. The normalized spacial score (nSPS) is 17.6. The second-order valence-electron chi connectivity index (χ2n) is 9.53. The fourth-order valence-electron chi connectivity index (χ4n) is 4.90. The van der Waals surface area contributed by atoms with Gasteiger partial charge in [-0.25, -0.2) is 9.80 Å². The number of ether oxygens (including phenoxy) is 2. The summed E-state index contributed by atoms with van der Waals surface area (Å²) in [6.07, 6.45) is 2.59. The summed E-state index contributed by atoms with van der Waals surface area (Å²) in [5.41, 5.74) is 2.43. The molecule has 4 heterocycles. The molecule has 2 aromatic heterocycles. The van der Waals surface area contributed by atoms with Gasteiger partial charge in [-0.2, -0.15) is 5.10 Å². The molecule has 2 aliphatic rings. The van der Waals surface area contributed by atoms with Gasteiger partial charge in [0.15, 0.2) is 0 Å². The third-order valence-electron chi connectivity index (χ3n) is 7.05. The maximum absolute atomic E-state index is 13.9. The number of para-hydroxylation sites is 2. The number of nitrogens with one attached hydrogen (secondary N) is 1. The minimum absolute atomic E-state index is 0.104. The Morgan fingerprint density at radius 1 is 1.15 bits per heavy atom. The first-order chi connectivity index (χ1) is 19.0. The Labute approximate surface area is 232 Å². The van der Waals surface area contributed by atoms with Crippen molar-refractivity contribution >= 4 is 34.7 Å². The van der Waals surface area contributed by atoms with Crippen molar-refractivity contribution in [1.29, 1.82) is 0 Å². The lowest BCUT2D eigenvalue weighted by atomic mass is 10.1. The number of hydrogen-bond acceptors (Lipinski definition) is 7. The number of carbonyl (C=O) groups is 2. The topological polar surface area (TPSA) is 91.6 Å². The van der Waals surface area contributed by atoms with Crippen molar-refractivity contribution in [2.24, 2.45) is 12.1 Å². The molecule has 3 aromatic rings. The Hall–Kier alpha value is -3.67. The van der Waals surface area contributed by atoms with Crippen LogP contribution in [0, 0.1) is 0 Å². The first-order valence-electron chi connectivity index (χ1n) is 13.1. The average Bonchev–Trinajstić information content (AvgIpc) is 3.72. The van der Waals surface area contributed by atoms with E-state index in [9.17, 15) is 9.59 Å². The third-order valence-corrected chi connectivity index (χ3v) is 7.97. The Morgan fingerprint density at radius 2 is 1.97 bits per heavy atom. The lowest BCUT2D eigenvalue weighted by Gasteiger charge is -2.31. The summed E-state index contributed by atoms with van der Waals surface area (Å²) in [4.78, 5) is 32.2. The summed E-state index contributed by atoms with van der Waals surface area (Å²) in [6, 6.07) is 14.6. The summed E-state index contributed by atoms with van der Waals surface area (Å²) in [6.45, 7) is 3.85. The van der Waals surface area contributed by atoms with Gasteiger partial charge in [0.2, 0.25) is 0 Å². The quantitative estimate of drug-likeness (QED) is 0.439. The minimum Gasteiger partial charge on any atom is -0.495 e. The molecule has 1 saturated heterocycles. The number of anilines is 1. The van der Waals surface area contributed by atoms with Crippen LogP contribution in [0.3, 0.4) is 0 Å². The molecule has 1 N–H and O–H groups in total. The van der Waals surface area contributed by atoms with Crippen molar-refractivity contribution in [2.75, 3.05) is 58.4 Å². The van der Waals surface area contributed by atoms with Gasteiger partial charge < -0.3 is 24.3 Å². The number of benzene rings is 1. The molecule has 0 saturated carbocycles. The summed E-state index contributed by atoms with van der Waals surface area (Å²) in [5, 5.41) is 11.3. The fourth-order valence-corrected chi connectivity index (χ4v) is 5.62. The number of methoxy groups -OCH3 is 1. The number of amides is 3. The number of nitrogens with zero attached hydrogens (tertiary/aromatic N) is 5. The van der Waals surface area contributed by atoms with Crippen LogP contribution in [0.15, 0.2) is 65.2 Å². The summed E-state index contributed by atoms with van der Waals surface area (Å²) in [7, 11) is 3.53. The van der Waals surface area contributed by atoms with Crippen molar-refractivity contribution in [3.05, 3.63) is 70.7 Å². The molecule has 0 bridgehead atoms. The number of rotatable bonds is 9. The van der Waals surface area contributed by atoms with Crippen LogP contribution in [0.4, 0.5) is 10.5 Å². The molecular formula is C28H34N6O4S. The van der Waals surface area contributed by atoms with E-state index in [1.807, 2.05) is 59.6 Å². The smallest absolute Gasteiger partial charge is 0.322 e. The van der Waals surface area contributed by atoms with Crippen LogP contribution in [-0.2, 0) is 16.6 Å². The molecule has 10 nitrogen and oxygen atoms in total. The predicted molar refractivity (Wildman–Crippen MR) is 151 cm³/mol. The fraction of sp³-hybridized carbons (Fsp3) is 0.393. The van der Waals surface area contributed by atoms with Gasteiger partial charge in [-0.1, -0.05) is 18.2 Å². The molecule has 0 aliphatic carbocycles. The van der Waals surface area contributed by atoms with Gasteiger partial charge in [0, 0.05) is 51.5 Å². The van der Waals surface area contributed by atoms with Crippen LogP contribution in [0.2, 0.25) is 0 Å². The Kier molecular flexibility index (Phi) is 8.60. The number of carbonyl (C=O) groups excluding carboxylic acids is 2. The highest BCUT2D eigenvalue weighted by molar-refractivity contribution is 7.12. The van der Waals surface area contributed by atoms with Gasteiger partial charge in [0.05, 0.1) is 36.6 Å². The van der Waals surface area contributed by atoms with Crippen LogP contribution in [0.5, 0.6) is 5.75 Å². The lowest BCUT2D eigenvalue weighted by Crippen LogP contribution is -2.47. The first-order valence-corrected chi connectivity index (χ1v) is 13.9. The van der Waals surface area contributed by atoms with Gasteiger partial charge in [0.25, 0.3) is 5.91 Å². The third kappa shape index (κ3) is 6.32. The van der Waals surface area contributed by atoms with Gasteiger partial charge in [-0.3, -0.25) is 9.69 Å². The highest BCUT2D eigenvalue weighted by Gasteiger charge is 2.36. The van der Waals surface area contributed by atoms with E-state index < -0.39 is 0 Å². The van der Waals surface area contributed by atoms with E-state index in [1.165, 1.54) is 0 Å². The first kappa shape index (κ1) is 26.9. The van der Waals surface area contributed by atoms with Crippen LogP contribution in [0.25, 0.3) is 0 Å². The molecule has 1 atom stereocenters. The van der Waals surface area contributed by atoms with Crippen molar-refractivity contribution in [2.45, 2.75) is 12.5 Å². The van der Waals surface area contributed by atoms with Crippen LogP contribution in [-0.4, -0.2) is 90.1 Å². The highest BCUT2D eigenvalue weighted by Crippen LogP contribution is 2.34. The Bertz CT molecular complexity index is 1300. The molecule has 2 aliphatic heterocycles. The van der Waals surface area contributed by atoms with Gasteiger partial charge in [0.1, 0.15) is 18.3 Å². The van der Waals surface area contributed by atoms with E-state index >= 15 is 0 Å². The number of aryl methyl sites for hydroxylation is 1. The maximum atomic E-state index is 13.9. The molecule has 0 spiro atoms. The number of aromatic nitrogens is 1. The summed E-state index contributed by atoms with van der Waals surface area (Å²) >= 11 is 1.61. The molecule has 39 heavy (non-hydrogen) atoms. The van der Waals surface area contributed by atoms with Crippen LogP contribution >= 0.6 is 11.3 Å². The van der Waals surface area contributed by atoms with E-state index in [0.717, 1.165) is 29.4 Å². The monoisotopic (exact) mass is 550 g/mol. The van der Waals surface area contributed by atoms with Gasteiger partial charge in [-0.15, -0.1) is 11.3 Å². The zero-order valence-electron chi connectivity index (χ0n) is 22.3. The Morgan fingerprint density at radius 3 is 2.69 bits per heavy atom. The van der Waals surface area contributed by atoms with E-state index in [2.05, 4.69) is 10.2 Å². The van der Waals surface area contributed by atoms with E-state index in [-0.39, 0.29) is 24.5 Å². The van der Waals surface area contributed by atoms with Crippen molar-refractivity contribution in [3.63, 3.8) is 0 Å².